The molecule has 2 heterocycles. The minimum atomic E-state index is -4.89. The van der Waals surface area contributed by atoms with Gasteiger partial charge >= 0.3 is 6.36 Å². The molecule has 0 spiro atoms. The Bertz CT molecular complexity index is 1400. The Labute approximate surface area is 183 Å². The fourth-order valence-corrected chi connectivity index (χ4v) is 3.47. The van der Waals surface area contributed by atoms with E-state index in [0.717, 1.165) is 10.7 Å². The summed E-state index contributed by atoms with van der Waals surface area (Å²) in [4.78, 5) is 31.8. The van der Waals surface area contributed by atoms with Gasteiger partial charge in [0, 0.05) is 18.5 Å². The zero-order chi connectivity index (χ0) is 23.0. The van der Waals surface area contributed by atoms with Crippen LogP contribution in [0, 0.1) is 0 Å². The number of nitrogens with one attached hydrogen (secondary N) is 2. The van der Waals surface area contributed by atoms with Gasteiger partial charge in [-0.2, -0.15) is 5.10 Å². The van der Waals surface area contributed by atoms with Crippen molar-refractivity contribution in [2.75, 3.05) is 7.05 Å². The molecule has 2 N–H and O–H groups in total. The van der Waals surface area contributed by atoms with Gasteiger partial charge in [-0.1, -0.05) is 29.8 Å². The third-order valence-corrected chi connectivity index (χ3v) is 4.96. The third-order valence-electron chi connectivity index (χ3n) is 4.66. The second-order valence-electron chi connectivity index (χ2n) is 6.84. The van der Waals surface area contributed by atoms with Crippen molar-refractivity contribution in [1.82, 2.24) is 25.1 Å². The fraction of sp³-hybridized carbons (Fsp3) is 0.200. The van der Waals surface area contributed by atoms with E-state index in [1.807, 2.05) is 0 Å². The number of alkyl halides is 3. The number of benzene rings is 2. The molecule has 1 amide bonds. The van der Waals surface area contributed by atoms with Gasteiger partial charge in [0.25, 0.3) is 5.56 Å². The molecular formula is C20H15ClF3N5O3. The van der Waals surface area contributed by atoms with Gasteiger partial charge in [-0.05, 0) is 12.1 Å². The number of ether oxygens (including phenoxy) is 1. The number of carbonyl (C=O) groups excluding carboxylic acids is 1. The summed E-state index contributed by atoms with van der Waals surface area (Å²) in [6, 6.07) is 9.16. The molecule has 0 bridgehead atoms. The van der Waals surface area contributed by atoms with Crippen LogP contribution >= 0.6 is 11.6 Å². The summed E-state index contributed by atoms with van der Waals surface area (Å²) in [5.74, 6) is -0.577. The molecule has 0 aliphatic heterocycles. The summed E-state index contributed by atoms with van der Waals surface area (Å²) < 4.78 is 42.7. The SMILES string of the molecule is CNC(=O)Cn1nc(Cc2nc3cc(OC(F)(F)F)c(Cl)cc3[nH]2)c2ccccc2c1=O. The predicted molar refractivity (Wildman–Crippen MR) is 111 cm³/mol. The zero-order valence-corrected chi connectivity index (χ0v) is 17.2. The molecule has 0 aliphatic rings. The van der Waals surface area contributed by atoms with Crippen LogP contribution in [0.3, 0.4) is 0 Å². The van der Waals surface area contributed by atoms with Crippen LogP contribution in [0.4, 0.5) is 13.2 Å². The summed E-state index contributed by atoms with van der Waals surface area (Å²) in [7, 11) is 1.45. The molecule has 32 heavy (non-hydrogen) atoms. The Morgan fingerprint density at radius 1 is 1.25 bits per heavy atom. The van der Waals surface area contributed by atoms with Gasteiger partial charge in [-0.15, -0.1) is 13.2 Å². The Morgan fingerprint density at radius 2 is 1.97 bits per heavy atom. The maximum absolute atomic E-state index is 12.7. The molecule has 0 saturated carbocycles. The highest BCUT2D eigenvalue weighted by molar-refractivity contribution is 6.32. The topological polar surface area (TPSA) is 102 Å². The molecule has 0 aliphatic carbocycles. The number of carbonyl (C=O) groups is 1. The van der Waals surface area contributed by atoms with Crippen LogP contribution in [0.2, 0.25) is 5.02 Å². The molecule has 2 aromatic heterocycles. The number of hydrogen-bond acceptors (Lipinski definition) is 5. The Morgan fingerprint density at radius 3 is 2.66 bits per heavy atom. The lowest BCUT2D eigenvalue weighted by Crippen LogP contribution is -2.32. The van der Waals surface area contributed by atoms with Crippen LogP contribution in [0.15, 0.2) is 41.2 Å². The molecule has 0 fully saturated rings. The normalized spacial score (nSPS) is 11.8. The Hall–Kier alpha value is -3.60. The molecule has 0 saturated heterocycles. The number of likely N-dealkylation sites (N-methyl/N-ethyl adjacent to an activating group) is 1. The first-order chi connectivity index (χ1) is 15.1. The minimum Gasteiger partial charge on any atom is -0.404 e. The monoisotopic (exact) mass is 465 g/mol. The number of hydrogen-bond donors (Lipinski definition) is 2. The van der Waals surface area contributed by atoms with Gasteiger partial charge in [-0.25, -0.2) is 9.67 Å². The number of halogens is 4. The first-order valence-corrected chi connectivity index (χ1v) is 9.65. The van der Waals surface area contributed by atoms with Crippen LogP contribution in [0.5, 0.6) is 5.75 Å². The van der Waals surface area contributed by atoms with Gasteiger partial charge < -0.3 is 15.0 Å². The molecule has 4 rings (SSSR count). The Kier molecular flexibility index (Phi) is 5.51. The standard InChI is InChI=1S/C20H15ClF3N5O3/c1-25-18(30)9-29-19(31)11-5-3-2-4-10(11)13(28-29)8-17-26-14-6-12(21)16(7-15(14)27-17)32-20(22,23)24/h2-7H,8-9H2,1H3,(H,25,30)(H,26,27). The fourth-order valence-electron chi connectivity index (χ4n) is 3.27. The lowest BCUT2D eigenvalue weighted by Gasteiger charge is -2.09. The molecule has 0 radical (unpaired) electrons. The lowest BCUT2D eigenvalue weighted by atomic mass is 10.1. The third kappa shape index (κ3) is 4.37. The lowest BCUT2D eigenvalue weighted by molar-refractivity contribution is -0.274. The molecule has 0 atom stereocenters. The molecule has 0 unspecified atom stereocenters. The van der Waals surface area contributed by atoms with Crippen molar-refractivity contribution in [3.8, 4) is 5.75 Å². The number of fused-ring (bicyclic) bond motifs is 2. The van der Waals surface area contributed by atoms with Crippen molar-refractivity contribution in [1.29, 1.82) is 0 Å². The van der Waals surface area contributed by atoms with E-state index in [1.54, 1.807) is 24.3 Å². The summed E-state index contributed by atoms with van der Waals surface area (Å²) in [6.07, 6.45) is -4.77. The molecule has 4 aromatic rings. The molecular weight excluding hydrogens is 451 g/mol. The summed E-state index contributed by atoms with van der Waals surface area (Å²) in [5, 5.41) is 7.48. The van der Waals surface area contributed by atoms with Crippen molar-refractivity contribution < 1.29 is 22.7 Å². The van der Waals surface area contributed by atoms with Crippen molar-refractivity contribution in [3.63, 3.8) is 0 Å². The summed E-state index contributed by atoms with van der Waals surface area (Å²) >= 11 is 5.90. The molecule has 8 nitrogen and oxygen atoms in total. The summed E-state index contributed by atoms with van der Waals surface area (Å²) in [6.45, 7) is -0.263. The van der Waals surface area contributed by atoms with E-state index in [2.05, 4.69) is 25.1 Å². The van der Waals surface area contributed by atoms with Gasteiger partial charge in [0.15, 0.2) is 0 Å². The van der Waals surface area contributed by atoms with E-state index in [0.29, 0.717) is 27.8 Å². The highest BCUT2D eigenvalue weighted by Gasteiger charge is 2.32. The maximum atomic E-state index is 12.7. The van der Waals surface area contributed by atoms with Gasteiger partial charge in [0.1, 0.15) is 18.1 Å². The van der Waals surface area contributed by atoms with E-state index in [9.17, 15) is 22.8 Å². The zero-order valence-electron chi connectivity index (χ0n) is 16.5. The predicted octanol–water partition coefficient (Wildman–Crippen LogP) is 3.16. The minimum absolute atomic E-state index is 0.121. The molecule has 166 valence electrons. The highest BCUT2D eigenvalue weighted by atomic mass is 35.5. The van der Waals surface area contributed by atoms with Gasteiger partial charge in [-0.3, -0.25) is 9.59 Å². The number of amides is 1. The van der Waals surface area contributed by atoms with Crippen LogP contribution in [-0.4, -0.2) is 39.1 Å². The summed E-state index contributed by atoms with van der Waals surface area (Å²) in [5.41, 5.74) is 0.661. The van der Waals surface area contributed by atoms with Crippen molar-refractivity contribution >= 4 is 39.3 Å². The number of nitrogens with zero attached hydrogens (tertiary/aromatic N) is 3. The van der Waals surface area contributed by atoms with Crippen molar-refractivity contribution in [2.45, 2.75) is 19.3 Å². The largest absolute Gasteiger partial charge is 0.573 e. The van der Waals surface area contributed by atoms with E-state index in [4.69, 9.17) is 11.6 Å². The number of H-pyrrole nitrogens is 1. The maximum Gasteiger partial charge on any atom is 0.573 e. The first kappa shape index (κ1) is 21.6. The van der Waals surface area contributed by atoms with Gasteiger partial charge in [0.05, 0.1) is 33.6 Å². The average Bonchev–Trinajstić information content (AvgIpc) is 3.11. The average molecular weight is 466 g/mol. The number of imidazole rings is 1. The van der Waals surface area contributed by atoms with Crippen LogP contribution in [0.1, 0.15) is 11.5 Å². The molecule has 12 heteroatoms. The van der Waals surface area contributed by atoms with Crippen LogP contribution < -0.4 is 15.6 Å². The number of rotatable bonds is 5. The first-order valence-electron chi connectivity index (χ1n) is 9.28. The number of aromatic amines is 1. The van der Waals surface area contributed by atoms with Gasteiger partial charge in [0.2, 0.25) is 5.91 Å². The molecule has 2 aromatic carbocycles. The van der Waals surface area contributed by atoms with E-state index >= 15 is 0 Å². The second kappa shape index (κ2) is 8.15. The quantitative estimate of drug-likeness (QED) is 0.471. The number of aromatic nitrogens is 4. The van der Waals surface area contributed by atoms with Crippen molar-refractivity contribution in [2.24, 2.45) is 0 Å². The second-order valence-corrected chi connectivity index (χ2v) is 7.24. The highest BCUT2D eigenvalue weighted by Crippen LogP contribution is 2.33. The van der Waals surface area contributed by atoms with Crippen molar-refractivity contribution in [3.05, 3.63) is 63.3 Å². The van der Waals surface area contributed by atoms with Crippen LogP contribution in [-0.2, 0) is 17.8 Å². The smallest absolute Gasteiger partial charge is 0.404 e. The van der Waals surface area contributed by atoms with E-state index < -0.39 is 23.6 Å². The van der Waals surface area contributed by atoms with E-state index in [1.165, 1.54) is 13.1 Å². The van der Waals surface area contributed by atoms with E-state index in [-0.39, 0.29) is 23.5 Å². The van der Waals surface area contributed by atoms with Crippen LogP contribution in [0.25, 0.3) is 21.8 Å². The Balaban J connectivity index is 1.76.